The van der Waals surface area contributed by atoms with Gasteiger partial charge in [0.15, 0.2) is 5.82 Å². The Labute approximate surface area is 133 Å². The Morgan fingerprint density at radius 3 is 2.35 bits per heavy atom. The van der Waals surface area contributed by atoms with E-state index in [1.807, 2.05) is 0 Å². The topological polar surface area (TPSA) is 97.1 Å². The summed E-state index contributed by atoms with van der Waals surface area (Å²) in [5.74, 6) is 5.35. The lowest BCUT2D eigenvalue weighted by Crippen LogP contribution is -2.18. The third-order valence-electron chi connectivity index (χ3n) is 2.40. The summed E-state index contributed by atoms with van der Waals surface area (Å²) in [6, 6.07) is 8.17. The molecule has 6 nitrogen and oxygen atoms in total. The normalized spacial score (nSPS) is 11.2. The van der Waals surface area contributed by atoms with E-state index in [0.29, 0.717) is 14.6 Å². The predicted molar refractivity (Wildman–Crippen MR) is 84.7 cm³/mol. The van der Waals surface area contributed by atoms with Gasteiger partial charge in [0.2, 0.25) is 0 Å². The van der Waals surface area contributed by atoms with E-state index in [1.165, 1.54) is 18.3 Å². The highest BCUT2D eigenvalue weighted by molar-refractivity contribution is 9.11. The number of halogens is 2. The van der Waals surface area contributed by atoms with Gasteiger partial charge >= 0.3 is 0 Å². The summed E-state index contributed by atoms with van der Waals surface area (Å²) in [4.78, 5) is 3.83. The van der Waals surface area contributed by atoms with Gasteiger partial charge in [0.25, 0.3) is 10.0 Å². The van der Waals surface area contributed by atoms with Gasteiger partial charge in [-0.15, -0.1) is 0 Å². The van der Waals surface area contributed by atoms with Crippen molar-refractivity contribution in [2.45, 2.75) is 4.90 Å². The molecule has 1 aromatic carbocycles. The first kappa shape index (κ1) is 15.2. The van der Waals surface area contributed by atoms with Crippen LogP contribution in [0.15, 0.2) is 50.4 Å². The number of aromatic nitrogens is 1. The van der Waals surface area contributed by atoms with Crippen LogP contribution >= 0.6 is 31.9 Å². The maximum Gasteiger partial charge on any atom is 0.265 e. The van der Waals surface area contributed by atoms with Crippen molar-refractivity contribution in [3.8, 4) is 0 Å². The van der Waals surface area contributed by atoms with E-state index in [0.717, 1.165) is 0 Å². The zero-order chi connectivity index (χ0) is 14.8. The van der Waals surface area contributed by atoms with E-state index in [4.69, 9.17) is 5.84 Å². The molecule has 0 unspecified atom stereocenters. The number of hydrazine groups is 1. The predicted octanol–water partition coefficient (Wildman–Crippen LogP) is 2.69. The Bertz CT molecular complexity index is 717. The highest BCUT2D eigenvalue weighted by Gasteiger charge is 2.21. The van der Waals surface area contributed by atoms with Gasteiger partial charge in [0, 0.05) is 15.1 Å². The molecule has 2 rings (SSSR count). The van der Waals surface area contributed by atoms with Crippen LogP contribution in [0.1, 0.15) is 0 Å². The molecule has 0 bridgehead atoms. The lowest BCUT2D eigenvalue weighted by molar-refractivity contribution is 0.601. The zero-order valence-corrected chi connectivity index (χ0v) is 14.0. The Morgan fingerprint density at radius 1 is 1.10 bits per heavy atom. The Kier molecular flexibility index (Phi) is 4.63. The van der Waals surface area contributed by atoms with Crippen molar-refractivity contribution in [2.24, 2.45) is 5.84 Å². The smallest absolute Gasteiger partial charge is 0.265 e. The molecule has 0 aliphatic heterocycles. The molecule has 0 amide bonds. The molecule has 0 saturated carbocycles. The highest BCUT2D eigenvalue weighted by atomic mass is 79.9. The number of sulfonamides is 1. The molecule has 2 aromatic rings. The monoisotopic (exact) mass is 420 g/mol. The zero-order valence-electron chi connectivity index (χ0n) is 9.97. The molecular weight excluding hydrogens is 412 g/mol. The van der Waals surface area contributed by atoms with Crippen LogP contribution in [0, 0.1) is 0 Å². The molecular formula is C11H10Br2N4O2S. The third kappa shape index (κ3) is 3.11. The van der Waals surface area contributed by atoms with Crippen LogP contribution in [0.2, 0.25) is 0 Å². The second-order valence-corrected chi connectivity index (χ2v) is 7.06. The third-order valence-corrected chi connectivity index (χ3v) is 5.10. The van der Waals surface area contributed by atoms with Crippen LogP contribution in [0.3, 0.4) is 0 Å². The Hall–Kier alpha value is -1.16. The molecule has 1 aromatic heterocycles. The Balaban J connectivity index is 2.47. The largest absolute Gasteiger partial charge is 0.307 e. The van der Waals surface area contributed by atoms with E-state index >= 15 is 0 Å². The number of rotatable bonds is 4. The van der Waals surface area contributed by atoms with Gasteiger partial charge in [0.05, 0.1) is 5.69 Å². The van der Waals surface area contributed by atoms with Crippen molar-refractivity contribution >= 4 is 53.4 Å². The maximum absolute atomic E-state index is 12.4. The van der Waals surface area contributed by atoms with Crippen molar-refractivity contribution < 1.29 is 8.42 Å². The lowest BCUT2D eigenvalue weighted by atomic mass is 10.3. The van der Waals surface area contributed by atoms with Gasteiger partial charge in [-0.3, -0.25) is 4.72 Å². The summed E-state index contributed by atoms with van der Waals surface area (Å²) in [7, 11) is -3.82. The summed E-state index contributed by atoms with van der Waals surface area (Å²) in [6.07, 6.45) is 1.45. The fraction of sp³-hybridized carbons (Fsp3) is 0. The minimum atomic E-state index is -3.82. The number of pyridine rings is 1. The number of benzene rings is 1. The van der Waals surface area contributed by atoms with Crippen LogP contribution < -0.4 is 16.0 Å². The molecule has 9 heteroatoms. The second-order valence-electron chi connectivity index (χ2n) is 3.70. The summed E-state index contributed by atoms with van der Waals surface area (Å²) >= 11 is 6.59. The highest BCUT2D eigenvalue weighted by Crippen LogP contribution is 2.33. The summed E-state index contributed by atoms with van der Waals surface area (Å²) in [5.41, 5.74) is 2.67. The van der Waals surface area contributed by atoms with E-state index < -0.39 is 10.0 Å². The van der Waals surface area contributed by atoms with Crippen molar-refractivity contribution in [2.75, 3.05) is 10.1 Å². The minimum Gasteiger partial charge on any atom is -0.307 e. The van der Waals surface area contributed by atoms with Crippen molar-refractivity contribution in [3.05, 3.63) is 45.5 Å². The number of nitrogens with two attached hydrogens (primary N) is 1. The SMILES string of the molecule is NNc1ncccc1S(=O)(=O)Nc1c(Br)cccc1Br. The molecule has 0 radical (unpaired) electrons. The number of anilines is 2. The first-order chi connectivity index (χ1) is 9.45. The summed E-state index contributed by atoms with van der Waals surface area (Å²) in [6.45, 7) is 0. The van der Waals surface area contributed by atoms with Crippen molar-refractivity contribution in [1.29, 1.82) is 0 Å². The number of nitrogens with zero attached hydrogens (tertiary/aromatic N) is 1. The standard InChI is InChI=1S/C11H10Br2N4O2S/c12-7-3-1-4-8(13)10(7)17-20(18,19)9-5-2-6-15-11(9)16-14/h1-6,17H,14H2,(H,15,16). The number of nitrogen functional groups attached to an aromatic ring is 1. The number of nitrogens with one attached hydrogen (secondary N) is 2. The lowest BCUT2D eigenvalue weighted by Gasteiger charge is -2.13. The van der Waals surface area contributed by atoms with Crippen molar-refractivity contribution in [3.63, 3.8) is 0 Å². The van der Waals surface area contributed by atoms with Gasteiger partial charge < -0.3 is 5.43 Å². The molecule has 0 atom stereocenters. The average molecular weight is 422 g/mol. The van der Waals surface area contributed by atoms with Crippen LogP contribution in [-0.4, -0.2) is 13.4 Å². The summed E-state index contributed by atoms with van der Waals surface area (Å²) in [5, 5.41) is 0. The first-order valence-corrected chi connectivity index (χ1v) is 8.41. The van der Waals surface area contributed by atoms with Crippen molar-refractivity contribution in [1.82, 2.24) is 4.98 Å². The van der Waals surface area contributed by atoms with E-state index in [2.05, 4.69) is 47.0 Å². The van der Waals surface area contributed by atoms with Crippen LogP contribution in [-0.2, 0) is 10.0 Å². The van der Waals surface area contributed by atoms with Gasteiger partial charge in [-0.2, -0.15) is 0 Å². The second kappa shape index (κ2) is 6.08. The Morgan fingerprint density at radius 2 is 1.75 bits per heavy atom. The van der Waals surface area contributed by atoms with Crippen LogP contribution in [0.4, 0.5) is 11.5 Å². The van der Waals surface area contributed by atoms with E-state index in [1.54, 1.807) is 18.2 Å². The first-order valence-electron chi connectivity index (χ1n) is 5.34. The van der Waals surface area contributed by atoms with Gasteiger partial charge in [-0.1, -0.05) is 6.07 Å². The molecule has 20 heavy (non-hydrogen) atoms. The molecule has 0 aliphatic rings. The molecule has 0 aliphatic carbocycles. The van der Waals surface area contributed by atoms with Gasteiger partial charge in [-0.25, -0.2) is 19.2 Å². The fourth-order valence-electron chi connectivity index (χ4n) is 1.50. The quantitative estimate of drug-likeness (QED) is 0.520. The van der Waals surface area contributed by atoms with Crippen LogP contribution in [0.5, 0.6) is 0 Å². The average Bonchev–Trinajstić information content (AvgIpc) is 2.43. The number of hydrogen-bond acceptors (Lipinski definition) is 5. The summed E-state index contributed by atoms with van der Waals surface area (Å²) < 4.78 is 28.5. The molecule has 1 heterocycles. The van der Waals surface area contributed by atoms with E-state index in [-0.39, 0.29) is 10.7 Å². The molecule has 0 fully saturated rings. The number of para-hydroxylation sites is 1. The number of hydrogen-bond donors (Lipinski definition) is 3. The van der Waals surface area contributed by atoms with Gasteiger partial charge in [0.1, 0.15) is 4.90 Å². The fourth-order valence-corrected chi connectivity index (χ4v) is 4.18. The molecule has 0 spiro atoms. The minimum absolute atomic E-state index is 0.0369. The molecule has 106 valence electrons. The molecule has 4 N–H and O–H groups in total. The van der Waals surface area contributed by atoms with E-state index in [9.17, 15) is 8.42 Å². The van der Waals surface area contributed by atoms with Gasteiger partial charge in [-0.05, 0) is 56.1 Å². The molecule has 0 saturated heterocycles. The van der Waals surface area contributed by atoms with Crippen LogP contribution in [0.25, 0.3) is 0 Å². The maximum atomic E-state index is 12.4.